The van der Waals surface area contributed by atoms with Crippen LogP contribution in [0.15, 0.2) is 53.8 Å². The lowest BCUT2D eigenvalue weighted by Crippen LogP contribution is -2.27. The maximum absolute atomic E-state index is 12.5. The van der Waals surface area contributed by atoms with Crippen LogP contribution in [-0.2, 0) is 16.6 Å². The fourth-order valence-electron chi connectivity index (χ4n) is 2.43. The Morgan fingerprint density at radius 3 is 2.65 bits per heavy atom. The fourth-order valence-corrected chi connectivity index (χ4v) is 4.28. The Kier molecular flexibility index (Phi) is 5.62. The number of nitrogens with zero attached hydrogens (tertiary/aromatic N) is 3. The van der Waals surface area contributed by atoms with Gasteiger partial charge in [-0.1, -0.05) is 29.3 Å². The van der Waals surface area contributed by atoms with E-state index in [-0.39, 0.29) is 16.5 Å². The third-order valence-electron chi connectivity index (χ3n) is 3.76. The second kappa shape index (κ2) is 7.75. The van der Waals surface area contributed by atoms with Gasteiger partial charge in [-0.2, -0.15) is 0 Å². The molecule has 2 heterocycles. The number of pyridine rings is 1. The minimum atomic E-state index is -3.75. The Labute approximate surface area is 161 Å². The summed E-state index contributed by atoms with van der Waals surface area (Å²) >= 11 is 12.0. The molecule has 6 nitrogen and oxygen atoms in total. The molecule has 3 aromatic rings. The second-order valence-electron chi connectivity index (χ2n) is 5.59. The molecule has 0 aliphatic carbocycles. The zero-order valence-electron chi connectivity index (χ0n) is 13.9. The third kappa shape index (κ3) is 4.07. The van der Waals surface area contributed by atoms with E-state index in [0.717, 1.165) is 5.69 Å². The first kappa shape index (κ1) is 18.8. The molecule has 0 spiro atoms. The first-order valence-electron chi connectivity index (χ1n) is 7.76. The standard InChI is InChI=1S/C17H16Cl2N4O2S/c1-12-10-16(14(19)11-13(12)18)26(24,25)22-7-9-23-8-6-21-17(23)15-4-2-3-5-20-15/h2-6,8,10-11,22H,7,9H2,1H3. The van der Waals surface area contributed by atoms with Crippen molar-refractivity contribution in [2.75, 3.05) is 6.54 Å². The van der Waals surface area contributed by atoms with E-state index in [2.05, 4.69) is 14.7 Å². The molecule has 0 amide bonds. The van der Waals surface area contributed by atoms with Crippen molar-refractivity contribution in [3.05, 3.63) is 64.5 Å². The summed E-state index contributed by atoms with van der Waals surface area (Å²) in [5.41, 5.74) is 1.36. The Morgan fingerprint density at radius 1 is 1.12 bits per heavy atom. The van der Waals surface area contributed by atoms with E-state index in [1.54, 1.807) is 25.5 Å². The molecule has 136 valence electrons. The number of hydrogen-bond acceptors (Lipinski definition) is 4. The molecule has 0 atom stereocenters. The average molecular weight is 411 g/mol. The van der Waals surface area contributed by atoms with Gasteiger partial charge in [-0.15, -0.1) is 0 Å². The van der Waals surface area contributed by atoms with Crippen LogP contribution >= 0.6 is 23.2 Å². The highest BCUT2D eigenvalue weighted by Crippen LogP contribution is 2.28. The lowest BCUT2D eigenvalue weighted by atomic mass is 10.2. The first-order valence-corrected chi connectivity index (χ1v) is 10.0. The Morgan fingerprint density at radius 2 is 1.92 bits per heavy atom. The first-order chi connectivity index (χ1) is 12.4. The van der Waals surface area contributed by atoms with Crippen LogP contribution in [-0.4, -0.2) is 29.5 Å². The smallest absolute Gasteiger partial charge is 0.242 e. The number of hydrogen-bond donors (Lipinski definition) is 1. The second-order valence-corrected chi connectivity index (χ2v) is 8.14. The monoisotopic (exact) mass is 410 g/mol. The zero-order chi connectivity index (χ0) is 18.7. The number of aryl methyl sites for hydroxylation is 1. The van der Waals surface area contributed by atoms with E-state index in [4.69, 9.17) is 23.2 Å². The fraction of sp³-hybridized carbons (Fsp3) is 0.176. The molecule has 0 aliphatic rings. The predicted octanol–water partition coefficient (Wildman–Crippen LogP) is 3.54. The van der Waals surface area contributed by atoms with Crippen LogP contribution in [0.5, 0.6) is 0 Å². The molecule has 0 radical (unpaired) electrons. The molecule has 0 fully saturated rings. The van der Waals surface area contributed by atoms with Crippen molar-refractivity contribution in [1.29, 1.82) is 0 Å². The lowest BCUT2D eigenvalue weighted by Gasteiger charge is -2.11. The van der Waals surface area contributed by atoms with Gasteiger partial charge in [-0.3, -0.25) is 4.98 Å². The Hall–Kier alpha value is -1.93. The lowest BCUT2D eigenvalue weighted by molar-refractivity contribution is 0.573. The molecule has 2 aromatic heterocycles. The molecule has 0 saturated carbocycles. The number of halogens is 2. The molecular weight excluding hydrogens is 395 g/mol. The van der Waals surface area contributed by atoms with Crippen LogP contribution in [0.1, 0.15) is 5.56 Å². The summed E-state index contributed by atoms with van der Waals surface area (Å²) in [6.45, 7) is 2.30. The highest BCUT2D eigenvalue weighted by atomic mass is 35.5. The van der Waals surface area contributed by atoms with Gasteiger partial charge in [0.25, 0.3) is 0 Å². The van der Waals surface area contributed by atoms with E-state index in [9.17, 15) is 8.42 Å². The van der Waals surface area contributed by atoms with Gasteiger partial charge in [-0.05, 0) is 36.8 Å². The highest BCUT2D eigenvalue weighted by molar-refractivity contribution is 7.89. The van der Waals surface area contributed by atoms with Gasteiger partial charge in [0.05, 0.1) is 5.02 Å². The van der Waals surface area contributed by atoms with Crippen LogP contribution in [0.2, 0.25) is 10.0 Å². The van der Waals surface area contributed by atoms with Crippen molar-refractivity contribution in [3.63, 3.8) is 0 Å². The van der Waals surface area contributed by atoms with E-state index < -0.39 is 10.0 Å². The van der Waals surface area contributed by atoms with Gasteiger partial charge in [0.2, 0.25) is 10.0 Å². The van der Waals surface area contributed by atoms with Gasteiger partial charge in [0, 0.05) is 36.7 Å². The molecule has 0 unspecified atom stereocenters. The normalized spacial score (nSPS) is 11.7. The summed E-state index contributed by atoms with van der Waals surface area (Å²) in [6.07, 6.45) is 5.11. The highest BCUT2D eigenvalue weighted by Gasteiger charge is 2.19. The summed E-state index contributed by atoms with van der Waals surface area (Å²) in [7, 11) is -3.75. The Balaban J connectivity index is 1.73. The van der Waals surface area contributed by atoms with Gasteiger partial charge in [0.15, 0.2) is 5.82 Å². The quantitative estimate of drug-likeness (QED) is 0.673. The van der Waals surface area contributed by atoms with Crippen LogP contribution in [0, 0.1) is 6.92 Å². The maximum Gasteiger partial charge on any atom is 0.242 e. The van der Waals surface area contributed by atoms with E-state index in [0.29, 0.717) is 23.0 Å². The summed E-state index contributed by atoms with van der Waals surface area (Å²) in [6, 6.07) is 8.43. The molecule has 9 heteroatoms. The minimum Gasteiger partial charge on any atom is -0.328 e. The number of aromatic nitrogens is 3. The molecule has 0 saturated heterocycles. The van der Waals surface area contributed by atoms with Crippen LogP contribution < -0.4 is 4.72 Å². The largest absolute Gasteiger partial charge is 0.328 e. The summed E-state index contributed by atoms with van der Waals surface area (Å²) in [5, 5.41) is 0.511. The molecule has 0 bridgehead atoms. The predicted molar refractivity (Wildman–Crippen MR) is 102 cm³/mol. The van der Waals surface area contributed by atoms with E-state index in [1.807, 2.05) is 22.8 Å². The number of rotatable bonds is 6. The van der Waals surface area contributed by atoms with Gasteiger partial charge in [-0.25, -0.2) is 18.1 Å². The number of sulfonamides is 1. The average Bonchev–Trinajstić information content (AvgIpc) is 3.07. The summed E-state index contributed by atoms with van der Waals surface area (Å²) in [5.74, 6) is 0.671. The Bertz CT molecular complexity index is 1020. The van der Waals surface area contributed by atoms with Gasteiger partial charge >= 0.3 is 0 Å². The maximum atomic E-state index is 12.5. The van der Waals surface area contributed by atoms with Crippen molar-refractivity contribution in [2.24, 2.45) is 0 Å². The van der Waals surface area contributed by atoms with Crippen molar-refractivity contribution in [2.45, 2.75) is 18.4 Å². The molecule has 0 aliphatic heterocycles. The van der Waals surface area contributed by atoms with Crippen molar-refractivity contribution >= 4 is 33.2 Å². The number of imidazole rings is 1. The molecular formula is C17H16Cl2N4O2S. The van der Waals surface area contributed by atoms with Crippen LogP contribution in [0.25, 0.3) is 11.5 Å². The molecule has 3 rings (SSSR count). The van der Waals surface area contributed by atoms with Crippen LogP contribution in [0.3, 0.4) is 0 Å². The summed E-state index contributed by atoms with van der Waals surface area (Å²) in [4.78, 5) is 8.56. The number of nitrogens with one attached hydrogen (secondary N) is 1. The summed E-state index contributed by atoms with van der Waals surface area (Å²) < 4.78 is 29.4. The molecule has 1 aromatic carbocycles. The molecule has 1 N–H and O–H groups in total. The topological polar surface area (TPSA) is 76.9 Å². The van der Waals surface area contributed by atoms with E-state index >= 15 is 0 Å². The SMILES string of the molecule is Cc1cc(S(=O)(=O)NCCn2ccnc2-c2ccccn2)c(Cl)cc1Cl. The van der Waals surface area contributed by atoms with Crippen molar-refractivity contribution in [3.8, 4) is 11.5 Å². The van der Waals surface area contributed by atoms with Gasteiger partial charge < -0.3 is 4.57 Å². The van der Waals surface area contributed by atoms with Crippen molar-refractivity contribution < 1.29 is 8.42 Å². The minimum absolute atomic E-state index is 0.0108. The van der Waals surface area contributed by atoms with Gasteiger partial charge in [0.1, 0.15) is 10.6 Å². The molecule has 26 heavy (non-hydrogen) atoms. The van der Waals surface area contributed by atoms with Crippen LogP contribution in [0.4, 0.5) is 0 Å². The van der Waals surface area contributed by atoms with Crippen molar-refractivity contribution in [1.82, 2.24) is 19.3 Å². The third-order valence-corrected chi connectivity index (χ3v) is 6.09. The van der Waals surface area contributed by atoms with E-state index in [1.165, 1.54) is 12.1 Å². The number of benzene rings is 1. The zero-order valence-corrected chi connectivity index (χ0v) is 16.2.